The minimum atomic E-state index is 0.658. The van der Waals surface area contributed by atoms with Crippen LogP contribution in [0.5, 0.6) is 0 Å². The zero-order valence-electron chi connectivity index (χ0n) is 27.5. The van der Waals surface area contributed by atoms with E-state index >= 15 is 0 Å². The molecule has 0 saturated heterocycles. The zero-order valence-corrected chi connectivity index (χ0v) is 27.5. The number of hydrogen-bond acceptors (Lipinski definition) is 4. The van der Waals surface area contributed by atoms with Crippen LogP contribution in [-0.4, -0.2) is 24.5 Å². The van der Waals surface area contributed by atoms with Crippen molar-refractivity contribution in [3.05, 3.63) is 176 Å². The van der Waals surface area contributed by atoms with Crippen molar-refractivity contribution >= 4 is 43.5 Å². The molecule has 0 fully saturated rings. The zero-order chi connectivity index (χ0) is 33.7. The highest BCUT2D eigenvalue weighted by Gasteiger charge is 2.20. The molecule has 0 aliphatic heterocycles. The molecule has 0 atom stereocenters. The fourth-order valence-corrected chi connectivity index (χ4v) is 7.36. The third-order valence-corrected chi connectivity index (χ3v) is 9.63. The summed E-state index contributed by atoms with van der Waals surface area (Å²) in [6, 6.07) is 58.9. The monoisotopic (exact) mass is 651 g/mol. The maximum absolute atomic E-state index is 5.34. The highest BCUT2D eigenvalue weighted by atomic mass is 15.0. The van der Waals surface area contributed by atoms with Crippen LogP contribution in [0, 0.1) is 0 Å². The van der Waals surface area contributed by atoms with Crippen molar-refractivity contribution in [2.75, 3.05) is 0 Å². The maximum Gasteiger partial charge on any atom is 0.160 e. The van der Waals surface area contributed by atoms with Crippen LogP contribution in [0.2, 0.25) is 0 Å². The van der Waals surface area contributed by atoms with Crippen molar-refractivity contribution in [2.45, 2.75) is 0 Å². The lowest BCUT2D eigenvalue weighted by Gasteiger charge is -2.14. The molecule has 0 aliphatic carbocycles. The van der Waals surface area contributed by atoms with Gasteiger partial charge in [-0.05, 0) is 54.6 Å². The van der Waals surface area contributed by atoms with Crippen molar-refractivity contribution in [1.82, 2.24) is 24.5 Å². The van der Waals surface area contributed by atoms with Crippen LogP contribution >= 0.6 is 0 Å². The summed E-state index contributed by atoms with van der Waals surface area (Å²) in [6.45, 7) is 0. The maximum atomic E-state index is 5.34. The van der Waals surface area contributed by atoms with E-state index in [0.29, 0.717) is 5.82 Å². The average Bonchev–Trinajstić information content (AvgIpc) is 3.56. The number of fused-ring (bicyclic) bond motifs is 7. The lowest BCUT2D eigenvalue weighted by atomic mass is 9.95. The van der Waals surface area contributed by atoms with Crippen LogP contribution in [0.1, 0.15) is 0 Å². The third-order valence-electron chi connectivity index (χ3n) is 9.63. The molecule has 0 aliphatic rings. The number of nitrogens with zero attached hydrogens (tertiary/aromatic N) is 5. The van der Waals surface area contributed by atoms with E-state index in [2.05, 4.69) is 125 Å². The molecule has 0 amide bonds. The molecule has 0 N–H and O–H groups in total. The fourth-order valence-electron chi connectivity index (χ4n) is 7.36. The molecule has 6 aromatic carbocycles. The predicted molar refractivity (Wildman–Crippen MR) is 209 cm³/mol. The SMILES string of the molecule is c1ccc(-c2nc(-c3cccc(-c4nc5ccccc5c5c4ccc4c5c5ccccc5n4-c4ccccc4)c3)cc(-c3ccccn3)n2)cc1. The number of rotatable bonds is 5. The molecule has 0 spiro atoms. The van der Waals surface area contributed by atoms with Crippen LogP contribution in [0.3, 0.4) is 0 Å². The van der Waals surface area contributed by atoms with Gasteiger partial charge in [0.15, 0.2) is 5.82 Å². The lowest BCUT2D eigenvalue weighted by molar-refractivity contribution is 1.16. The number of para-hydroxylation sites is 3. The fraction of sp³-hybridized carbons (Fsp3) is 0. The molecule has 4 aromatic heterocycles. The highest BCUT2D eigenvalue weighted by molar-refractivity contribution is 6.29. The summed E-state index contributed by atoms with van der Waals surface area (Å²) in [5.74, 6) is 0.658. The van der Waals surface area contributed by atoms with Gasteiger partial charge in [-0.15, -0.1) is 0 Å². The second-order valence-corrected chi connectivity index (χ2v) is 12.7. The van der Waals surface area contributed by atoms with E-state index in [-0.39, 0.29) is 0 Å². The molecule has 0 unspecified atom stereocenters. The number of aromatic nitrogens is 5. The van der Waals surface area contributed by atoms with E-state index < -0.39 is 0 Å². The van der Waals surface area contributed by atoms with Gasteiger partial charge in [0.1, 0.15) is 0 Å². The quantitative estimate of drug-likeness (QED) is 0.174. The molecule has 0 bridgehead atoms. The summed E-state index contributed by atoms with van der Waals surface area (Å²) in [4.78, 5) is 20.0. The number of pyridine rings is 2. The molecule has 10 aromatic rings. The summed E-state index contributed by atoms with van der Waals surface area (Å²) in [5.41, 5.74) is 10.7. The van der Waals surface area contributed by atoms with Crippen molar-refractivity contribution in [3.8, 4) is 51.0 Å². The Kier molecular flexibility index (Phi) is 6.74. The molecular weight excluding hydrogens is 623 g/mol. The van der Waals surface area contributed by atoms with Gasteiger partial charge in [0.05, 0.1) is 39.3 Å². The Bertz CT molecular complexity index is 2840. The van der Waals surface area contributed by atoms with Gasteiger partial charge < -0.3 is 4.57 Å². The van der Waals surface area contributed by atoms with Crippen LogP contribution in [0.25, 0.3) is 94.5 Å². The summed E-state index contributed by atoms with van der Waals surface area (Å²) in [5, 5.41) is 5.89. The van der Waals surface area contributed by atoms with Crippen LogP contribution in [0.15, 0.2) is 176 Å². The minimum absolute atomic E-state index is 0.658. The smallest absolute Gasteiger partial charge is 0.160 e. The molecule has 10 rings (SSSR count). The Morgan fingerprint density at radius 2 is 1.10 bits per heavy atom. The predicted octanol–water partition coefficient (Wildman–Crippen LogP) is 11.3. The van der Waals surface area contributed by atoms with Crippen LogP contribution in [0.4, 0.5) is 0 Å². The Morgan fingerprint density at radius 3 is 1.94 bits per heavy atom. The van der Waals surface area contributed by atoms with Gasteiger partial charge >= 0.3 is 0 Å². The van der Waals surface area contributed by atoms with E-state index in [1.807, 2.05) is 54.6 Å². The molecule has 238 valence electrons. The topological polar surface area (TPSA) is 56.5 Å². The Hall–Kier alpha value is -6.98. The van der Waals surface area contributed by atoms with E-state index in [9.17, 15) is 0 Å². The van der Waals surface area contributed by atoms with Crippen molar-refractivity contribution < 1.29 is 0 Å². The Balaban J connectivity index is 1.22. The molecule has 4 heterocycles. The van der Waals surface area contributed by atoms with Crippen molar-refractivity contribution in [2.24, 2.45) is 0 Å². The lowest BCUT2D eigenvalue weighted by Crippen LogP contribution is -1.97. The summed E-state index contributed by atoms with van der Waals surface area (Å²) in [6.07, 6.45) is 1.80. The van der Waals surface area contributed by atoms with Crippen molar-refractivity contribution in [3.63, 3.8) is 0 Å². The highest BCUT2D eigenvalue weighted by Crippen LogP contribution is 2.42. The molecule has 0 radical (unpaired) electrons. The van der Waals surface area contributed by atoms with Gasteiger partial charge in [-0.2, -0.15) is 0 Å². The first-order chi connectivity index (χ1) is 25.3. The van der Waals surface area contributed by atoms with E-state index in [1.165, 1.54) is 27.2 Å². The number of hydrogen-bond donors (Lipinski definition) is 0. The van der Waals surface area contributed by atoms with Gasteiger partial charge in [-0.1, -0.05) is 115 Å². The second-order valence-electron chi connectivity index (χ2n) is 12.7. The van der Waals surface area contributed by atoms with Crippen LogP contribution < -0.4 is 0 Å². The van der Waals surface area contributed by atoms with E-state index in [0.717, 1.165) is 61.4 Å². The van der Waals surface area contributed by atoms with Gasteiger partial charge in [0, 0.05) is 55.5 Å². The van der Waals surface area contributed by atoms with Gasteiger partial charge in [0.2, 0.25) is 0 Å². The molecule has 51 heavy (non-hydrogen) atoms. The van der Waals surface area contributed by atoms with E-state index in [4.69, 9.17) is 15.0 Å². The first-order valence-electron chi connectivity index (χ1n) is 17.1. The number of benzene rings is 6. The minimum Gasteiger partial charge on any atom is -0.309 e. The van der Waals surface area contributed by atoms with Crippen molar-refractivity contribution in [1.29, 1.82) is 0 Å². The molecule has 5 nitrogen and oxygen atoms in total. The summed E-state index contributed by atoms with van der Waals surface area (Å²) in [7, 11) is 0. The van der Waals surface area contributed by atoms with Gasteiger partial charge in [-0.25, -0.2) is 15.0 Å². The Labute approximate surface area is 294 Å². The second kappa shape index (κ2) is 11.9. The third kappa shape index (κ3) is 4.86. The summed E-state index contributed by atoms with van der Waals surface area (Å²) < 4.78 is 2.37. The first kappa shape index (κ1) is 29.0. The van der Waals surface area contributed by atoms with E-state index in [1.54, 1.807) is 6.20 Å². The normalized spacial score (nSPS) is 11.5. The molecular formula is C46H29N5. The van der Waals surface area contributed by atoms with Gasteiger partial charge in [0.25, 0.3) is 0 Å². The molecule has 0 saturated carbocycles. The Morgan fingerprint density at radius 1 is 0.392 bits per heavy atom. The summed E-state index contributed by atoms with van der Waals surface area (Å²) >= 11 is 0. The van der Waals surface area contributed by atoms with Crippen LogP contribution in [-0.2, 0) is 0 Å². The average molecular weight is 652 g/mol. The largest absolute Gasteiger partial charge is 0.309 e. The molecule has 5 heteroatoms. The van der Waals surface area contributed by atoms with Gasteiger partial charge in [-0.3, -0.25) is 4.98 Å². The first-order valence-corrected chi connectivity index (χ1v) is 17.1. The standard InChI is InChI=1S/C46H29N5/c1-3-14-30(15-4-1)46-49-39(29-40(50-46)38-23-11-12-27-47-38)31-16-13-17-32(28-31)45-36-25-26-42-44(43(36)34-20-7-9-22-37(34)48-45)35-21-8-10-24-41(35)51(42)33-18-5-2-6-19-33/h1-29H.